The Bertz CT molecular complexity index is 219. The largest absolute Gasteiger partial charge is 0.389 e. The first kappa shape index (κ1) is 16.9. The van der Waals surface area contributed by atoms with Crippen molar-refractivity contribution in [2.75, 3.05) is 33.4 Å². The Morgan fingerprint density at radius 3 is 2.21 bits per heavy atom. The van der Waals surface area contributed by atoms with Crippen molar-refractivity contribution in [1.82, 2.24) is 5.32 Å². The van der Waals surface area contributed by atoms with Crippen LogP contribution in [0.3, 0.4) is 0 Å². The second kappa shape index (κ2) is 9.66. The van der Waals surface area contributed by atoms with Gasteiger partial charge in [-0.2, -0.15) is 0 Å². The first-order valence-corrected chi connectivity index (χ1v) is 7.29. The fourth-order valence-electron chi connectivity index (χ4n) is 2.37. The Hall–Kier alpha value is -0.200. The lowest BCUT2D eigenvalue weighted by Gasteiger charge is -2.27. The molecule has 3 N–H and O–H groups in total. The third-order valence-corrected chi connectivity index (χ3v) is 3.61. The van der Waals surface area contributed by atoms with Crippen LogP contribution in [0.2, 0.25) is 0 Å². The molecule has 1 aliphatic carbocycles. The first-order chi connectivity index (χ1) is 9.11. The summed E-state index contributed by atoms with van der Waals surface area (Å²) in [6.07, 6.45) is 3.92. The summed E-state index contributed by atoms with van der Waals surface area (Å²) in [5.41, 5.74) is 0. The maximum atomic E-state index is 9.77. The number of ether oxygens (including phenoxy) is 2. The van der Waals surface area contributed by atoms with Crippen molar-refractivity contribution in [1.29, 1.82) is 0 Å². The molecule has 0 aliphatic heterocycles. The van der Waals surface area contributed by atoms with E-state index in [-0.39, 0.29) is 0 Å². The second-order valence-corrected chi connectivity index (χ2v) is 5.64. The fourth-order valence-corrected chi connectivity index (χ4v) is 2.37. The lowest BCUT2D eigenvalue weighted by molar-refractivity contribution is -0.0287. The van der Waals surface area contributed by atoms with Crippen LogP contribution in [0.5, 0.6) is 0 Å². The van der Waals surface area contributed by atoms with Crippen LogP contribution in [0.4, 0.5) is 0 Å². The molecule has 19 heavy (non-hydrogen) atoms. The van der Waals surface area contributed by atoms with Crippen molar-refractivity contribution in [3.05, 3.63) is 0 Å². The minimum atomic E-state index is -0.530. The molecule has 0 heterocycles. The molecule has 0 bridgehead atoms. The second-order valence-electron chi connectivity index (χ2n) is 5.64. The van der Waals surface area contributed by atoms with Gasteiger partial charge in [-0.15, -0.1) is 0 Å². The summed E-state index contributed by atoms with van der Waals surface area (Å²) in [6.45, 7) is 3.81. The highest BCUT2D eigenvalue weighted by molar-refractivity contribution is 4.71. The molecule has 0 spiro atoms. The predicted octanol–water partition coefficient (Wildman–Crippen LogP) is 0.540. The van der Waals surface area contributed by atoms with Crippen molar-refractivity contribution in [2.45, 2.75) is 50.9 Å². The monoisotopic (exact) mass is 275 g/mol. The van der Waals surface area contributed by atoms with E-state index in [0.29, 0.717) is 32.4 Å². The number of hydrogen-bond donors (Lipinski definition) is 3. The van der Waals surface area contributed by atoms with Gasteiger partial charge in [-0.25, -0.2) is 0 Å². The molecule has 1 saturated carbocycles. The van der Waals surface area contributed by atoms with Gasteiger partial charge in [0, 0.05) is 20.2 Å². The molecule has 114 valence electrons. The molecular weight excluding hydrogens is 246 g/mol. The van der Waals surface area contributed by atoms with E-state index in [1.165, 1.54) is 12.8 Å². The zero-order chi connectivity index (χ0) is 14.1. The van der Waals surface area contributed by atoms with Crippen LogP contribution >= 0.6 is 0 Å². The summed E-state index contributed by atoms with van der Waals surface area (Å²) in [5.74, 6) is 0.814. The van der Waals surface area contributed by atoms with Crippen LogP contribution in [0, 0.1) is 5.92 Å². The summed E-state index contributed by atoms with van der Waals surface area (Å²) < 4.78 is 10.5. The lowest BCUT2D eigenvalue weighted by atomic mass is 9.89. The Morgan fingerprint density at radius 2 is 1.63 bits per heavy atom. The average molecular weight is 275 g/mol. The van der Waals surface area contributed by atoms with Crippen molar-refractivity contribution >= 4 is 0 Å². The lowest BCUT2D eigenvalue weighted by Crippen LogP contribution is -2.37. The van der Waals surface area contributed by atoms with Gasteiger partial charge in [0.2, 0.25) is 0 Å². The summed E-state index contributed by atoms with van der Waals surface area (Å²) in [7, 11) is 1.55. The van der Waals surface area contributed by atoms with Crippen molar-refractivity contribution in [2.24, 2.45) is 5.92 Å². The number of rotatable bonds is 9. The van der Waals surface area contributed by atoms with Crippen LogP contribution in [0.25, 0.3) is 0 Å². The van der Waals surface area contributed by atoms with Gasteiger partial charge in [-0.3, -0.25) is 0 Å². The molecule has 5 heteroatoms. The van der Waals surface area contributed by atoms with Gasteiger partial charge in [-0.1, -0.05) is 6.92 Å². The third kappa shape index (κ3) is 7.84. The predicted molar refractivity (Wildman–Crippen MR) is 74.1 cm³/mol. The maximum absolute atomic E-state index is 9.77. The van der Waals surface area contributed by atoms with E-state index in [9.17, 15) is 10.2 Å². The smallest absolute Gasteiger partial charge is 0.0897 e. The molecule has 0 aromatic carbocycles. The molecular formula is C14H29NO4. The standard InChI is InChI=1S/C14H29NO4/c1-11-3-5-14(6-4-11)19-10-13(17)8-15-7-12(16)9-18-2/h11-17H,3-10H2,1-2H3. The van der Waals surface area contributed by atoms with Gasteiger partial charge >= 0.3 is 0 Å². The number of aliphatic hydroxyl groups excluding tert-OH is 2. The SMILES string of the molecule is COCC(O)CNCC(O)COC1CCC(C)CC1. The fraction of sp³-hybridized carbons (Fsp3) is 1.00. The van der Waals surface area contributed by atoms with Crippen molar-refractivity contribution in [3.63, 3.8) is 0 Å². The Morgan fingerprint density at radius 1 is 1.05 bits per heavy atom. The van der Waals surface area contributed by atoms with Crippen LogP contribution < -0.4 is 5.32 Å². The highest BCUT2D eigenvalue weighted by atomic mass is 16.5. The molecule has 5 nitrogen and oxygen atoms in total. The van der Waals surface area contributed by atoms with E-state index in [2.05, 4.69) is 12.2 Å². The molecule has 0 saturated heterocycles. The minimum absolute atomic E-state index is 0.305. The number of nitrogens with one attached hydrogen (secondary N) is 1. The highest BCUT2D eigenvalue weighted by Crippen LogP contribution is 2.25. The van der Waals surface area contributed by atoms with Crippen LogP contribution in [0.15, 0.2) is 0 Å². The van der Waals surface area contributed by atoms with Gasteiger partial charge in [0.15, 0.2) is 0 Å². The summed E-state index contributed by atoms with van der Waals surface area (Å²) >= 11 is 0. The van der Waals surface area contributed by atoms with Gasteiger partial charge in [0.1, 0.15) is 0 Å². The van der Waals surface area contributed by atoms with Gasteiger partial charge in [0.05, 0.1) is 31.5 Å². The Kier molecular flexibility index (Phi) is 8.57. The molecule has 0 aromatic heterocycles. The molecule has 2 unspecified atom stereocenters. The van der Waals surface area contributed by atoms with Crippen molar-refractivity contribution in [3.8, 4) is 0 Å². The highest BCUT2D eigenvalue weighted by Gasteiger charge is 2.19. The summed E-state index contributed by atoms with van der Waals surface area (Å²) in [5, 5.41) is 22.2. The Labute approximate surface area is 116 Å². The molecule has 2 atom stereocenters. The molecule has 1 aliphatic rings. The number of aliphatic hydroxyl groups is 2. The topological polar surface area (TPSA) is 71.0 Å². The van der Waals surface area contributed by atoms with E-state index in [0.717, 1.165) is 18.8 Å². The molecule has 0 amide bonds. The zero-order valence-electron chi connectivity index (χ0n) is 12.2. The van der Waals surface area contributed by atoms with Crippen LogP contribution in [0.1, 0.15) is 32.6 Å². The van der Waals surface area contributed by atoms with E-state index < -0.39 is 12.2 Å². The number of hydrogen-bond acceptors (Lipinski definition) is 5. The number of methoxy groups -OCH3 is 1. The van der Waals surface area contributed by atoms with E-state index in [1.807, 2.05) is 0 Å². The normalized spacial score (nSPS) is 27.2. The quantitative estimate of drug-likeness (QED) is 0.573. The maximum Gasteiger partial charge on any atom is 0.0897 e. The van der Waals surface area contributed by atoms with Gasteiger partial charge in [0.25, 0.3) is 0 Å². The van der Waals surface area contributed by atoms with E-state index >= 15 is 0 Å². The summed E-state index contributed by atoms with van der Waals surface area (Å²) in [4.78, 5) is 0. The third-order valence-electron chi connectivity index (χ3n) is 3.61. The molecule has 0 aromatic rings. The minimum Gasteiger partial charge on any atom is -0.389 e. The summed E-state index contributed by atoms with van der Waals surface area (Å²) in [6, 6.07) is 0. The van der Waals surface area contributed by atoms with E-state index in [4.69, 9.17) is 9.47 Å². The van der Waals surface area contributed by atoms with Crippen LogP contribution in [-0.2, 0) is 9.47 Å². The van der Waals surface area contributed by atoms with Crippen LogP contribution in [-0.4, -0.2) is 61.9 Å². The average Bonchev–Trinajstić information content (AvgIpc) is 2.38. The molecule has 0 radical (unpaired) electrons. The van der Waals surface area contributed by atoms with Gasteiger partial charge < -0.3 is 25.0 Å². The van der Waals surface area contributed by atoms with Crippen molar-refractivity contribution < 1.29 is 19.7 Å². The molecule has 1 rings (SSSR count). The molecule has 1 fully saturated rings. The first-order valence-electron chi connectivity index (χ1n) is 7.29. The van der Waals surface area contributed by atoms with Gasteiger partial charge in [-0.05, 0) is 31.6 Å². The zero-order valence-corrected chi connectivity index (χ0v) is 12.2. The Balaban J connectivity index is 2.00. The van der Waals surface area contributed by atoms with E-state index in [1.54, 1.807) is 7.11 Å².